The average molecular weight is 293 g/mol. The predicted octanol–water partition coefficient (Wildman–Crippen LogP) is 4.15. The van der Waals surface area contributed by atoms with Crippen molar-refractivity contribution in [3.63, 3.8) is 0 Å². The van der Waals surface area contributed by atoms with Crippen LogP contribution in [-0.4, -0.2) is 13.0 Å². The van der Waals surface area contributed by atoms with Gasteiger partial charge in [-0.1, -0.05) is 38.6 Å². The average Bonchev–Trinajstić information content (AvgIpc) is 2.69. The first-order valence-corrected chi connectivity index (χ1v) is 7.26. The zero-order valence-corrected chi connectivity index (χ0v) is 13.1. The van der Waals surface area contributed by atoms with Crippen LogP contribution in [0.25, 0.3) is 0 Å². The molecule has 0 spiro atoms. The fourth-order valence-electron chi connectivity index (χ4n) is 2.83. The van der Waals surface area contributed by atoms with Gasteiger partial charge in [-0.05, 0) is 35.9 Å². The number of hydrogen-bond donors (Lipinski definition) is 0. The number of carbonyl (C=O) groups is 1. The molecule has 0 saturated carbocycles. The maximum atomic E-state index is 12.2. The maximum Gasteiger partial charge on any atom is 0.343 e. The highest BCUT2D eigenvalue weighted by Crippen LogP contribution is 2.47. The summed E-state index contributed by atoms with van der Waals surface area (Å²) in [5.41, 5.74) is 3.64. The Morgan fingerprint density at radius 2 is 1.82 bits per heavy atom. The molecule has 0 atom stereocenters. The third-order valence-corrected chi connectivity index (χ3v) is 4.35. The van der Waals surface area contributed by atoms with Crippen LogP contribution in [0.4, 0.5) is 5.69 Å². The van der Waals surface area contributed by atoms with Gasteiger partial charge in [-0.3, -0.25) is 0 Å². The van der Waals surface area contributed by atoms with Crippen molar-refractivity contribution in [3.05, 3.63) is 71.9 Å². The van der Waals surface area contributed by atoms with Crippen LogP contribution in [0.3, 0.4) is 0 Å². The van der Waals surface area contributed by atoms with Crippen LogP contribution in [0.15, 0.2) is 60.8 Å². The number of ether oxygens (including phenoxy) is 1. The molecule has 2 aromatic rings. The summed E-state index contributed by atoms with van der Waals surface area (Å²) in [5, 5.41) is 0. The Morgan fingerprint density at radius 1 is 1.14 bits per heavy atom. The number of benzene rings is 2. The fraction of sp³-hybridized carbons (Fsp3) is 0.211. The topological polar surface area (TPSA) is 29.5 Å². The lowest BCUT2D eigenvalue weighted by Crippen LogP contribution is -2.21. The zero-order chi connectivity index (χ0) is 15.9. The summed E-state index contributed by atoms with van der Waals surface area (Å²) in [7, 11) is 2.01. The minimum absolute atomic E-state index is 0.167. The van der Waals surface area contributed by atoms with Gasteiger partial charge >= 0.3 is 5.97 Å². The van der Waals surface area contributed by atoms with Gasteiger partial charge in [-0.2, -0.15) is 0 Å². The molecular weight excluding hydrogens is 274 g/mol. The Labute approximate surface area is 130 Å². The van der Waals surface area contributed by atoms with E-state index in [9.17, 15) is 4.79 Å². The Kier molecular flexibility index (Phi) is 3.28. The van der Waals surface area contributed by atoms with Gasteiger partial charge in [0.2, 0.25) is 0 Å². The molecule has 2 aromatic carbocycles. The van der Waals surface area contributed by atoms with Gasteiger partial charge in [-0.15, -0.1) is 0 Å². The molecule has 0 bridgehead atoms. The van der Waals surface area contributed by atoms with Crippen molar-refractivity contribution in [3.8, 4) is 5.75 Å². The van der Waals surface area contributed by atoms with E-state index in [2.05, 4.69) is 25.3 Å². The summed E-state index contributed by atoms with van der Waals surface area (Å²) in [6.07, 6.45) is 0. The highest BCUT2D eigenvalue weighted by Gasteiger charge is 2.37. The molecule has 1 aliphatic rings. The van der Waals surface area contributed by atoms with E-state index in [0.29, 0.717) is 11.3 Å². The molecular formula is C19H19NO2. The monoisotopic (exact) mass is 293 g/mol. The first-order chi connectivity index (χ1) is 10.4. The van der Waals surface area contributed by atoms with E-state index in [1.807, 2.05) is 43.4 Å². The third-order valence-electron chi connectivity index (χ3n) is 4.35. The van der Waals surface area contributed by atoms with Gasteiger partial charge in [0.15, 0.2) is 0 Å². The largest absolute Gasteiger partial charge is 0.423 e. The summed E-state index contributed by atoms with van der Waals surface area (Å²) in [6.45, 7) is 8.41. The molecule has 0 saturated heterocycles. The van der Waals surface area contributed by atoms with Gasteiger partial charge in [0, 0.05) is 23.8 Å². The third kappa shape index (κ3) is 2.19. The lowest BCUT2D eigenvalue weighted by Gasteiger charge is -2.22. The second-order valence-corrected chi connectivity index (χ2v) is 6.07. The Hall–Kier alpha value is -2.55. The lowest BCUT2D eigenvalue weighted by molar-refractivity contribution is 0.0734. The Bertz CT molecular complexity index is 747. The number of anilines is 1. The molecule has 3 rings (SSSR count). The first-order valence-electron chi connectivity index (χ1n) is 7.26. The van der Waals surface area contributed by atoms with Crippen molar-refractivity contribution < 1.29 is 9.53 Å². The standard InChI is InChI=1S/C19H19NO2/c1-13-19(2,3)16-12-15(10-11-17(16)20(13)4)22-18(21)14-8-6-5-7-9-14/h5-12H,1H2,2-4H3. The number of esters is 1. The SMILES string of the molecule is C=C1N(C)c2ccc(OC(=O)c3ccccc3)cc2C1(C)C. The number of likely N-dealkylation sites (N-methyl/N-ethyl adjacent to an activating group) is 1. The van der Waals surface area contributed by atoms with Crippen LogP contribution in [0.2, 0.25) is 0 Å². The van der Waals surface area contributed by atoms with Crippen molar-refractivity contribution in [2.45, 2.75) is 19.3 Å². The van der Waals surface area contributed by atoms with Crippen LogP contribution in [-0.2, 0) is 5.41 Å². The van der Waals surface area contributed by atoms with E-state index in [0.717, 1.165) is 16.9 Å². The smallest absolute Gasteiger partial charge is 0.343 e. The summed E-state index contributed by atoms with van der Waals surface area (Å²) in [4.78, 5) is 14.2. The van der Waals surface area contributed by atoms with E-state index < -0.39 is 0 Å². The van der Waals surface area contributed by atoms with E-state index in [4.69, 9.17) is 4.74 Å². The predicted molar refractivity (Wildman–Crippen MR) is 88.4 cm³/mol. The molecule has 0 unspecified atom stereocenters. The minimum atomic E-state index is -0.344. The zero-order valence-electron chi connectivity index (χ0n) is 13.1. The Balaban J connectivity index is 1.91. The first kappa shape index (κ1) is 14.4. The second-order valence-electron chi connectivity index (χ2n) is 6.07. The molecule has 0 amide bonds. The van der Waals surface area contributed by atoms with Crippen molar-refractivity contribution in [2.24, 2.45) is 0 Å². The number of fused-ring (bicyclic) bond motifs is 1. The van der Waals surface area contributed by atoms with E-state index in [1.54, 1.807) is 12.1 Å². The van der Waals surface area contributed by atoms with Crippen LogP contribution in [0.1, 0.15) is 29.8 Å². The normalized spacial score (nSPS) is 15.6. The Morgan fingerprint density at radius 3 is 2.50 bits per heavy atom. The molecule has 1 heterocycles. The molecule has 1 aliphatic heterocycles. The summed E-state index contributed by atoms with van der Waals surface area (Å²) in [6, 6.07) is 14.7. The molecule has 0 radical (unpaired) electrons. The number of rotatable bonds is 2. The molecule has 3 heteroatoms. The van der Waals surface area contributed by atoms with Crippen LogP contribution in [0, 0.1) is 0 Å². The van der Waals surface area contributed by atoms with Gasteiger partial charge < -0.3 is 9.64 Å². The van der Waals surface area contributed by atoms with E-state index in [1.165, 1.54) is 0 Å². The summed E-state index contributed by atoms with van der Waals surface area (Å²) < 4.78 is 5.50. The van der Waals surface area contributed by atoms with Crippen molar-refractivity contribution >= 4 is 11.7 Å². The van der Waals surface area contributed by atoms with Crippen molar-refractivity contribution in [1.29, 1.82) is 0 Å². The number of nitrogens with zero attached hydrogens (tertiary/aromatic N) is 1. The minimum Gasteiger partial charge on any atom is -0.423 e. The van der Waals surface area contributed by atoms with Crippen LogP contribution < -0.4 is 9.64 Å². The van der Waals surface area contributed by atoms with Crippen molar-refractivity contribution in [1.82, 2.24) is 0 Å². The van der Waals surface area contributed by atoms with Gasteiger partial charge in [0.05, 0.1) is 5.56 Å². The molecule has 22 heavy (non-hydrogen) atoms. The van der Waals surface area contributed by atoms with Crippen LogP contribution in [0.5, 0.6) is 5.75 Å². The number of hydrogen-bond acceptors (Lipinski definition) is 3. The van der Waals surface area contributed by atoms with Gasteiger partial charge in [-0.25, -0.2) is 4.79 Å². The summed E-state index contributed by atoms with van der Waals surface area (Å²) in [5.74, 6) is 0.215. The van der Waals surface area contributed by atoms with Crippen LogP contribution >= 0.6 is 0 Å². The van der Waals surface area contributed by atoms with E-state index >= 15 is 0 Å². The molecule has 0 aliphatic carbocycles. The maximum absolute atomic E-state index is 12.2. The summed E-state index contributed by atoms with van der Waals surface area (Å²) >= 11 is 0. The molecule has 3 nitrogen and oxygen atoms in total. The molecule has 112 valence electrons. The highest BCUT2D eigenvalue weighted by molar-refractivity contribution is 5.91. The second kappa shape index (κ2) is 5.02. The fourth-order valence-corrected chi connectivity index (χ4v) is 2.83. The highest BCUT2D eigenvalue weighted by atomic mass is 16.5. The lowest BCUT2D eigenvalue weighted by atomic mass is 9.84. The molecule has 0 fully saturated rings. The van der Waals surface area contributed by atoms with Gasteiger partial charge in [0.1, 0.15) is 5.75 Å². The van der Waals surface area contributed by atoms with Gasteiger partial charge in [0.25, 0.3) is 0 Å². The van der Waals surface area contributed by atoms with Crippen molar-refractivity contribution in [2.75, 3.05) is 11.9 Å². The number of carbonyl (C=O) groups excluding carboxylic acids is 1. The van der Waals surface area contributed by atoms with E-state index in [-0.39, 0.29) is 11.4 Å². The molecule has 0 aromatic heterocycles. The quantitative estimate of drug-likeness (QED) is 0.615. The number of allylic oxidation sites excluding steroid dienone is 1. The molecule has 0 N–H and O–H groups in total.